The van der Waals surface area contributed by atoms with Gasteiger partial charge >= 0.3 is 0 Å². The van der Waals surface area contributed by atoms with E-state index in [2.05, 4.69) is 6.92 Å². The van der Waals surface area contributed by atoms with Gasteiger partial charge in [-0.2, -0.15) is 0 Å². The summed E-state index contributed by atoms with van der Waals surface area (Å²) in [5, 5.41) is 10.0. The van der Waals surface area contributed by atoms with E-state index >= 15 is 0 Å². The van der Waals surface area contributed by atoms with E-state index in [1.54, 1.807) is 6.08 Å². The number of rotatable bonds is 5. The third-order valence-corrected chi connectivity index (χ3v) is 1.54. The van der Waals surface area contributed by atoms with E-state index in [9.17, 15) is 9.90 Å². The molecule has 0 saturated carbocycles. The fraction of sp³-hybridized carbons (Fsp3) is 0.667. The average molecular weight is 155 g/mol. The Balaban J connectivity index is 3.54. The Kier molecular flexibility index (Phi) is 5.53. The summed E-state index contributed by atoms with van der Waals surface area (Å²) in [5.41, 5.74) is 1.15. The van der Waals surface area contributed by atoms with Crippen LogP contribution in [0.3, 0.4) is 0 Å². The minimum Gasteiger partial charge on any atom is -0.550 e. The molecule has 0 aromatic carbocycles. The maximum atomic E-state index is 10.0. The van der Waals surface area contributed by atoms with Crippen molar-refractivity contribution in [1.29, 1.82) is 0 Å². The number of hydrogen-bond acceptors (Lipinski definition) is 2. The molecule has 0 fully saturated rings. The summed E-state index contributed by atoms with van der Waals surface area (Å²) in [5.74, 6) is -0.999. The number of aliphatic carboxylic acids is 1. The van der Waals surface area contributed by atoms with Gasteiger partial charge in [0.1, 0.15) is 0 Å². The van der Waals surface area contributed by atoms with Crippen LogP contribution < -0.4 is 5.11 Å². The quantitative estimate of drug-likeness (QED) is 0.561. The van der Waals surface area contributed by atoms with Crippen molar-refractivity contribution < 1.29 is 9.90 Å². The van der Waals surface area contributed by atoms with Gasteiger partial charge in [-0.1, -0.05) is 25.0 Å². The van der Waals surface area contributed by atoms with Crippen LogP contribution in [-0.4, -0.2) is 5.97 Å². The van der Waals surface area contributed by atoms with E-state index in [-0.39, 0.29) is 6.42 Å². The summed E-state index contributed by atoms with van der Waals surface area (Å²) >= 11 is 0. The highest BCUT2D eigenvalue weighted by atomic mass is 16.4. The van der Waals surface area contributed by atoms with Gasteiger partial charge in [0.05, 0.1) is 0 Å². The maximum absolute atomic E-state index is 10.0. The lowest BCUT2D eigenvalue weighted by Crippen LogP contribution is -2.20. The van der Waals surface area contributed by atoms with Crippen molar-refractivity contribution in [3.63, 3.8) is 0 Å². The Bertz CT molecular complexity index is 148. The molecule has 0 heterocycles. The van der Waals surface area contributed by atoms with Gasteiger partial charge < -0.3 is 9.90 Å². The van der Waals surface area contributed by atoms with E-state index in [4.69, 9.17) is 0 Å². The zero-order valence-corrected chi connectivity index (χ0v) is 7.22. The number of allylic oxidation sites excluding steroid dienone is 1. The van der Waals surface area contributed by atoms with Gasteiger partial charge in [-0.3, -0.25) is 0 Å². The summed E-state index contributed by atoms with van der Waals surface area (Å²) < 4.78 is 0. The van der Waals surface area contributed by atoms with Crippen LogP contribution in [0.5, 0.6) is 0 Å². The van der Waals surface area contributed by atoms with Gasteiger partial charge in [0.2, 0.25) is 0 Å². The van der Waals surface area contributed by atoms with Gasteiger partial charge in [-0.05, 0) is 19.8 Å². The van der Waals surface area contributed by atoms with Crippen LogP contribution in [0, 0.1) is 0 Å². The molecule has 0 spiro atoms. The van der Waals surface area contributed by atoms with Gasteiger partial charge in [-0.25, -0.2) is 0 Å². The molecule has 0 aromatic heterocycles. The normalized spacial score (nSPS) is 11.6. The predicted octanol–water partition coefficient (Wildman–Crippen LogP) is 1.26. The minimum atomic E-state index is -0.999. The fourth-order valence-electron chi connectivity index (χ4n) is 0.815. The molecule has 0 unspecified atom stereocenters. The van der Waals surface area contributed by atoms with E-state index in [1.807, 2.05) is 6.92 Å². The van der Waals surface area contributed by atoms with Crippen LogP contribution in [0.15, 0.2) is 11.6 Å². The lowest BCUT2D eigenvalue weighted by molar-refractivity contribution is -0.304. The first kappa shape index (κ1) is 10.2. The highest BCUT2D eigenvalue weighted by molar-refractivity contribution is 5.66. The smallest absolute Gasteiger partial charge is 0.0452 e. The summed E-state index contributed by atoms with van der Waals surface area (Å²) in [6.07, 6.45) is 5.07. The predicted molar refractivity (Wildman–Crippen MR) is 42.9 cm³/mol. The topological polar surface area (TPSA) is 40.1 Å². The summed E-state index contributed by atoms with van der Waals surface area (Å²) in [6.45, 7) is 4.07. The Labute approximate surface area is 67.9 Å². The zero-order chi connectivity index (χ0) is 8.69. The Morgan fingerprint density at radius 1 is 1.55 bits per heavy atom. The second-order valence-electron chi connectivity index (χ2n) is 2.73. The molecule has 0 saturated heterocycles. The largest absolute Gasteiger partial charge is 0.550 e. The molecule has 2 nitrogen and oxygen atoms in total. The van der Waals surface area contributed by atoms with Crippen LogP contribution in [0.4, 0.5) is 0 Å². The molecular weight excluding hydrogens is 140 g/mol. The molecule has 0 atom stereocenters. The van der Waals surface area contributed by atoms with Crippen LogP contribution >= 0.6 is 0 Å². The second-order valence-corrected chi connectivity index (χ2v) is 2.73. The molecule has 0 aliphatic rings. The van der Waals surface area contributed by atoms with Gasteiger partial charge in [-0.15, -0.1) is 0 Å². The van der Waals surface area contributed by atoms with Crippen molar-refractivity contribution in [2.75, 3.05) is 0 Å². The number of carboxylic acids is 1. The van der Waals surface area contributed by atoms with Crippen LogP contribution in [0.25, 0.3) is 0 Å². The molecular formula is C9H15O2-. The molecule has 0 rings (SSSR count). The monoisotopic (exact) mass is 155 g/mol. The summed E-state index contributed by atoms with van der Waals surface area (Å²) in [4.78, 5) is 10.0. The van der Waals surface area contributed by atoms with Crippen molar-refractivity contribution in [2.24, 2.45) is 0 Å². The van der Waals surface area contributed by atoms with Gasteiger partial charge in [0, 0.05) is 12.4 Å². The Morgan fingerprint density at radius 3 is 2.64 bits per heavy atom. The zero-order valence-electron chi connectivity index (χ0n) is 7.22. The lowest BCUT2D eigenvalue weighted by Gasteiger charge is -1.99. The minimum absolute atomic E-state index is 0.0511. The highest BCUT2D eigenvalue weighted by Gasteiger charge is 1.88. The van der Waals surface area contributed by atoms with Crippen LogP contribution in [-0.2, 0) is 4.79 Å². The molecule has 0 aliphatic heterocycles. The second kappa shape index (κ2) is 5.96. The summed E-state index contributed by atoms with van der Waals surface area (Å²) in [6, 6.07) is 0. The van der Waals surface area contributed by atoms with Crippen molar-refractivity contribution >= 4 is 5.97 Å². The number of carboxylic acid groups (broad SMARTS) is 1. The number of hydrogen-bond donors (Lipinski definition) is 0. The average Bonchev–Trinajstić information content (AvgIpc) is 1.97. The first-order valence-electron chi connectivity index (χ1n) is 4.02. The standard InChI is InChI=1S/C9H16O2/c1-3-4-5-8(2)6-7-9(10)11/h6H,3-5,7H2,1-2H3,(H,10,11)/p-1/b8-6-. The molecule has 11 heavy (non-hydrogen) atoms. The fourth-order valence-corrected chi connectivity index (χ4v) is 0.815. The molecule has 2 heteroatoms. The van der Waals surface area contributed by atoms with Crippen molar-refractivity contribution in [1.82, 2.24) is 0 Å². The third-order valence-electron chi connectivity index (χ3n) is 1.54. The van der Waals surface area contributed by atoms with E-state index in [0.29, 0.717) is 0 Å². The molecule has 0 aliphatic carbocycles. The van der Waals surface area contributed by atoms with Crippen LogP contribution in [0.1, 0.15) is 39.5 Å². The SMILES string of the molecule is CCCC/C(C)=C\CC(=O)[O-]. The number of unbranched alkanes of at least 4 members (excludes halogenated alkanes) is 1. The van der Waals surface area contributed by atoms with E-state index < -0.39 is 5.97 Å². The molecule has 0 amide bonds. The number of carbonyl (C=O) groups is 1. The lowest BCUT2D eigenvalue weighted by atomic mass is 10.1. The number of carbonyl (C=O) groups excluding carboxylic acids is 1. The third kappa shape index (κ3) is 7.10. The van der Waals surface area contributed by atoms with Gasteiger partial charge in [0.25, 0.3) is 0 Å². The maximum Gasteiger partial charge on any atom is 0.0452 e. The first-order chi connectivity index (χ1) is 5.16. The van der Waals surface area contributed by atoms with Crippen LogP contribution in [0.2, 0.25) is 0 Å². The highest BCUT2D eigenvalue weighted by Crippen LogP contribution is 2.06. The van der Waals surface area contributed by atoms with Crippen molar-refractivity contribution in [2.45, 2.75) is 39.5 Å². The van der Waals surface area contributed by atoms with E-state index in [0.717, 1.165) is 24.8 Å². The summed E-state index contributed by atoms with van der Waals surface area (Å²) in [7, 11) is 0. The van der Waals surface area contributed by atoms with E-state index in [1.165, 1.54) is 0 Å². The first-order valence-corrected chi connectivity index (χ1v) is 4.02. The van der Waals surface area contributed by atoms with Crippen molar-refractivity contribution in [3.05, 3.63) is 11.6 Å². The van der Waals surface area contributed by atoms with Crippen molar-refractivity contribution in [3.8, 4) is 0 Å². The Hall–Kier alpha value is -0.790. The van der Waals surface area contributed by atoms with Gasteiger partial charge in [0.15, 0.2) is 0 Å². The molecule has 64 valence electrons. The molecule has 0 N–H and O–H groups in total. The molecule has 0 radical (unpaired) electrons. The molecule has 0 bridgehead atoms. The Morgan fingerprint density at radius 2 is 2.18 bits per heavy atom. The molecule has 0 aromatic rings.